The van der Waals surface area contributed by atoms with Crippen LogP contribution in [-0.4, -0.2) is 18.8 Å². The molecule has 0 radical (unpaired) electrons. The molecule has 0 unspecified atom stereocenters. The molecule has 1 aromatic rings. The number of carbonyl (C=O) groups excluding carboxylic acids is 1. The van der Waals surface area contributed by atoms with Crippen molar-refractivity contribution >= 4 is 11.6 Å². The van der Waals surface area contributed by atoms with Crippen LogP contribution in [-0.2, 0) is 11.2 Å². The van der Waals surface area contributed by atoms with E-state index in [4.69, 9.17) is 0 Å². The zero-order valence-electron chi connectivity index (χ0n) is 13.7. The molecule has 2 aliphatic rings. The Hall–Kier alpha value is -2.23. The first-order chi connectivity index (χ1) is 11.8. The first-order valence-corrected chi connectivity index (χ1v) is 8.47. The molecule has 1 amide bonds. The number of alkyl halides is 3. The summed E-state index contributed by atoms with van der Waals surface area (Å²) in [6.07, 6.45) is 0.282. The molecule has 3 rings (SSSR count). The molecule has 7 heteroatoms. The van der Waals surface area contributed by atoms with Crippen molar-refractivity contribution in [3.8, 4) is 11.8 Å². The van der Waals surface area contributed by atoms with Gasteiger partial charge in [0.05, 0.1) is 6.07 Å². The van der Waals surface area contributed by atoms with Crippen molar-refractivity contribution in [2.45, 2.75) is 51.3 Å². The summed E-state index contributed by atoms with van der Waals surface area (Å²) < 4.78 is 41.1. The van der Waals surface area contributed by atoms with Crippen molar-refractivity contribution in [2.24, 2.45) is 5.41 Å². The highest BCUT2D eigenvalue weighted by Gasteiger charge is 2.43. The molecule has 0 N–H and O–H groups in total. The van der Waals surface area contributed by atoms with Crippen molar-refractivity contribution in [2.75, 3.05) is 11.4 Å². The summed E-state index contributed by atoms with van der Waals surface area (Å²) in [5.74, 6) is -0.506. The zero-order chi connectivity index (χ0) is 18.1. The normalized spacial score (nSPS) is 19.7. The quantitative estimate of drug-likeness (QED) is 0.796. The summed E-state index contributed by atoms with van der Waals surface area (Å²) in [6, 6.07) is 6.27. The SMILES string of the molecule is N#CC1(C(=O)N2CCCc3cc(OC(F)(F)F)ccc32)CCCCC1. The van der Waals surface area contributed by atoms with Crippen LogP contribution in [0.15, 0.2) is 18.2 Å². The average Bonchev–Trinajstić information content (AvgIpc) is 2.59. The Morgan fingerprint density at radius 2 is 1.92 bits per heavy atom. The number of hydrogen-bond acceptors (Lipinski definition) is 3. The molecule has 1 fully saturated rings. The second-order valence-corrected chi connectivity index (χ2v) is 6.65. The van der Waals surface area contributed by atoms with Crippen molar-refractivity contribution in [3.05, 3.63) is 23.8 Å². The average molecular weight is 352 g/mol. The molecule has 0 bridgehead atoms. The van der Waals surface area contributed by atoms with E-state index in [2.05, 4.69) is 10.8 Å². The van der Waals surface area contributed by atoms with Gasteiger partial charge < -0.3 is 9.64 Å². The standard InChI is InChI=1S/C18H19F3N2O2/c19-18(20,21)25-14-6-7-15-13(11-14)5-4-10-23(15)16(24)17(12-22)8-2-1-3-9-17/h6-7,11H,1-5,8-10H2. The van der Waals surface area contributed by atoms with E-state index in [1.807, 2.05) is 0 Å². The minimum absolute atomic E-state index is 0.222. The van der Waals surface area contributed by atoms with Crippen LogP contribution in [0.2, 0.25) is 0 Å². The highest BCUT2D eigenvalue weighted by atomic mass is 19.4. The Kier molecular flexibility index (Phi) is 4.63. The van der Waals surface area contributed by atoms with E-state index in [1.54, 1.807) is 4.90 Å². The van der Waals surface area contributed by atoms with Crippen molar-refractivity contribution in [1.82, 2.24) is 0 Å². The van der Waals surface area contributed by atoms with Gasteiger partial charge in [-0.15, -0.1) is 13.2 Å². The molecule has 0 spiro atoms. The summed E-state index contributed by atoms with van der Waals surface area (Å²) in [5, 5.41) is 9.62. The number of rotatable bonds is 2. The molecule has 0 atom stereocenters. The summed E-state index contributed by atoms with van der Waals surface area (Å²) in [5.41, 5.74) is 0.227. The third-order valence-corrected chi connectivity index (χ3v) is 4.98. The van der Waals surface area contributed by atoms with E-state index in [0.29, 0.717) is 43.5 Å². The first kappa shape index (κ1) is 17.6. The second-order valence-electron chi connectivity index (χ2n) is 6.65. The highest BCUT2D eigenvalue weighted by molar-refractivity contribution is 6.00. The summed E-state index contributed by atoms with van der Waals surface area (Å²) >= 11 is 0. The van der Waals surface area contributed by atoms with Gasteiger partial charge in [-0.2, -0.15) is 5.26 Å². The third-order valence-electron chi connectivity index (χ3n) is 4.98. The first-order valence-electron chi connectivity index (χ1n) is 8.47. The maximum Gasteiger partial charge on any atom is 0.573 e. The van der Waals surface area contributed by atoms with Crippen molar-refractivity contribution < 1.29 is 22.7 Å². The fraction of sp³-hybridized carbons (Fsp3) is 0.556. The number of ether oxygens (including phenoxy) is 1. The van der Waals surface area contributed by atoms with E-state index in [1.165, 1.54) is 18.2 Å². The van der Waals surface area contributed by atoms with Crippen LogP contribution >= 0.6 is 0 Å². The van der Waals surface area contributed by atoms with Crippen LogP contribution in [0.4, 0.5) is 18.9 Å². The third kappa shape index (κ3) is 3.58. The van der Waals surface area contributed by atoms with Crippen LogP contribution < -0.4 is 9.64 Å². The lowest BCUT2D eigenvalue weighted by atomic mass is 9.74. The highest BCUT2D eigenvalue weighted by Crippen LogP contribution is 2.41. The van der Waals surface area contributed by atoms with Gasteiger partial charge in [-0.3, -0.25) is 4.79 Å². The number of halogens is 3. The number of fused-ring (bicyclic) bond motifs is 1. The number of carbonyl (C=O) groups is 1. The maximum absolute atomic E-state index is 13.1. The van der Waals surface area contributed by atoms with Crippen LogP contribution in [0.3, 0.4) is 0 Å². The fourth-order valence-electron chi connectivity index (χ4n) is 3.77. The van der Waals surface area contributed by atoms with E-state index >= 15 is 0 Å². The van der Waals surface area contributed by atoms with Crippen LogP contribution in [0.25, 0.3) is 0 Å². The number of nitriles is 1. The number of nitrogens with zero attached hydrogens (tertiary/aromatic N) is 2. The molecule has 1 aromatic carbocycles. The second kappa shape index (κ2) is 6.58. The lowest BCUT2D eigenvalue weighted by Gasteiger charge is -2.37. The predicted octanol–water partition coefficient (Wildman–Crippen LogP) is 4.34. The summed E-state index contributed by atoms with van der Waals surface area (Å²) in [6.45, 7) is 0.481. The van der Waals surface area contributed by atoms with Gasteiger partial charge in [-0.1, -0.05) is 19.3 Å². The van der Waals surface area contributed by atoms with E-state index in [9.17, 15) is 23.2 Å². The van der Waals surface area contributed by atoms with E-state index in [-0.39, 0.29) is 11.7 Å². The lowest BCUT2D eigenvalue weighted by molar-refractivity contribution is -0.274. The zero-order valence-corrected chi connectivity index (χ0v) is 13.7. The molecule has 1 aliphatic heterocycles. The Balaban J connectivity index is 1.89. The van der Waals surface area contributed by atoms with E-state index < -0.39 is 11.8 Å². The fourth-order valence-corrected chi connectivity index (χ4v) is 3.77. The molecule has 1 saturated carbocycles. The van der Waals surface area contributed by atoms with Gasteiger partial charge in [-0.25, -0.2) is 0 Å². The number of benzene rings is 1. The predicted molar refractivity (Wildman–Crippen MR) is 84.9 cm³/mol. The Morgan fingerprint density at radius 1 is 1.20 bits per heavy atom. The van der Waals surface area contributed by atoms with Gasteiger partial charge in [0.1, 0.15) is 11.2 Å². The molecule has 25 heavy (non-hydrogen) atoms. The molecule has 0 saturated heterocycles. The molecule has 0 aromatic heterocycles. The molecule has 1 aliphatic carbocycles. The molecular weight excluding hydrogens is 333 g/mol. The Labute approximate surface area is 144 Å². The van der Waals surface area contributed by atoms with Gasteiger partial charge in [-0.05, 0) is 49.4 Å². The molecule has 4 nitrogen and oxygen atoms in total. The van der Waals surface area contributed by atoms with Crippen LogP contribution in [0.1, 0.15) is 44.1 Å². The number of hydrogen-bond donors (Lipinski definition) is 0. The maximum atomic E-state index is 13.1. The van der Waals surface area contributed by atoms with Gasteiger partial charge in [0.15, 0.2) is 0 Å². The Bertz CT molecular complexity index is 703. The van der Waals surface area contributed by atoms with Crippen molar-refractivity contribution in [1.29, 1.82) is 5.26 Å². The largest absolute Gasteiger partial charge is 0.573 e. The Morgan fingerprint density at radius 3 is 2.56 bits per heavy atom. The molecule has 134 valence electrons. The molecule has 1 heterocycles. The van der Waals surface area contributed by atoms with Crippen LogP contribution in [0, 0.1) is 16.7 Å². The van der Waals surface area contributed by atoms with Gasteiger partial charge in [0, 0.05) is 12.2 Å². The van der Waals surface area contributed by atoms with Crippen molar-refractivity contribution in [3.63, 3.8) is 0 Å². The van der Waals surface area contributed by atoms with Gasteiger partial charge in [0.25, 0.3) is 0 Å². The number of anilines is 1. The smallest absolute Gasteiger partial charge is 0.406 e. The van der Waals surface area contributed by atoms with E-state index in [0.717, 1.165) is 19.3 Å². The summed E-state index contributed by atoms with van der Waals surface area (Å²) in [7, 11) is 0. The minimum Gasteiger partial charge on any atom is -0.406 e. The van der Waals surface area contributed by atoms with Gasteiger partial charge in [0.2, 0.25) is 5.91 Å². The molecular formula is C18H19F3N2O2. The number of amides is 1. The van der Waals surface area contributed by atoms with Gasteiger partial charge >= 0.3 is 6.36 Å². The summed E-state index contributed by atoms with van der Waals surface area (Å²) in [4.78, 5) is 14.6. The lowest BCUT2D eigenvalue weighted by Crippen LogP contribution is -2.46. The van der Waals surface area contributed by atoms with Crippen LogP contribution in [0.5, 0.6) is 5.75 Å². The number of aryl methyl sites for hydroxylation is 1. The monoisotopic (exact) mass is 352 g/mol. The minimum atomic E-state index is -4.74. The topological polar surface area (TPSA) is 53.3 Å².